The predicted octanol–water partition coefficient (Wildman–Crippen LogP) is 3.23. The standard InChI is InChI=1S/C20H22ClF2NO3.CH4O3S/c1-12(18(25)13-10-16(22)19(26)17(23)11-13)24-8-6-20(27,7-9-24)14-2-4-15(21)5-3-14;1-5(2,3)4/h2-5,10-12,18,25-27H,6-9H2,1H3;1H3,(H,2,3,4). The lowest BCUT2D eigenvalue weighted by Gasteiger charge is -2.42. The van der Waals surface area contributed by atoms with Crippen molar-refractivity contribution in [2.45, 2.75) is 37.5 Å². The summed E-state index contributed by atoms with van der Waals surface area (Å²) in [5, 5.41) is 31.3. The van der Waals surface area contributed by atoms with Gasteiger partial charge in [0.15, 0.2) is 17.4 Å². The molecule has 32 heavy (non-hydrogen) atoms. The zero-order valence-corrected chi connectivity index (χ0v) is 19.1. The molecule has 1 fully saturated rings. The molecule has 2 aromatic carbocycles. The Morgan fingerprint density at radius 3 is 1.97 bits per heavy atom. The Balaban J connectivity index is 0.000000654. The summed E-state index contributed by atoms with van der Waals surface area (Å²) in [6.07, 6.45) is 0.511. The minimum Gasteiger partial charge on any atom is -0.503 e. The van der Waals surface area contributed by atoms with E-state index in [9.17, 15) is 32.5 Å². The maximum Gasteiger partial charge on any atom is 0.261 e. The Labute approximate surface area is 190 Å². The van der Waals surface area contributed by atoms with Crippen molar-refractivity contribution in [2.75, 3.05) is 19.3 Å². The van der Waals surface area contributed by atoms with Gasteiger partial charge in [-0.2, -0.15) is 8.42 Å². The summed E-state index contributed by atoms with van der Waals surface area (Å²) in [7, 11) is -3.67. The van der Waals surface area contributed by atoms with Crippen molar-refractivity contribution in [3.8, 4) is 5.75 Å². The molecule has 1 heterocycles. The fraction of sp³-hybridized carbons (Fsp3) is 0.429. The lowest BCUT2D eigenvalue weighted by Crippen LogP contribution is -2.47. The van der Waals surface area contributed by atoms with Crippen LogP contribution in [0.4, 0.5) is 8.78 Å². The number of hydrogen-bond acceptors (Lipinski definition) is 6. The van der Waals surface area contributed by atoms with Gasteiger partial charge in [-0.3, -0.25) is 9.45 Å². The van der Waals surface area contributed by atoms with Crippen molar-refractivity contribution in [2.24, 2.45) is 0 Å². The van der Waals surface area contributed by atoms with E-state index in [1.807, 2.05) is 4.90 Å². The van der Waals surface area contributed by atoms with Crippen LogP contribution in [0.1, 0.15) is 37.0 Å². The molecule has 0 bridgehead atoms. The minimum atomic E-state index is -3.67. The molecule has 0 radical (unpaired) electrons. The minimum absolute atomic E-state index is 0.0637. The molecule has 0 amide bonds. The molecule has 1 aliphatic heterocycles. The van der Waals surface area contributed by atoms with Gasteiger partial charge < -0.3 is 15.3 Å². The predicted molar refractivity (Wildman–Crippen MR) is 116 cm³/mol. The van der Waals surface area contributed by atoms with E-state index in [0.29, 0.717) is 37.2 Å². The van der Waals surface area contributed by atoms with Crippen LogP contribution in [0.3, 0.4) is 0 Å². The Morgan fingerprint density at radius 2 is 1.53 bits per heavy atom. The van der Waals surface area contributed by atoms with E-state index in [1.165, 1.54) is 0 Å². The zero-order chi connectivity index (χ0) is 24.3. The number of aliphatic hydroxyl groups is 2. The largest absolute Gasteiger partial charge is 0.503 e. The molecule has 1 aliphatic rings. The quantitative estimate of drug-likeness (QED) is 0.483. The second kappa shape index (κ2) is 10.4. The highest BCUT2D eigenvalue weighted by Crippen LogP contribution is 2.36. The lowest BCUT2D eigenvalue weighted by molar-refractivity contribution is -0.0502. The van der Waals surface area contributed by atoms with Crippen LogP contribution in [-0.2, 0) is 15.7 Å². The van der Waals surface area contributed by atoms with Gasteiger partial charge in [0.2, 0.25) is 0 Å². The van der Waals surface area contributed by atoms with Crippen LogP contribution in [0.25, 0.3) is 0 Å². The summed E-state index contributed by atoms with van der Waals surface area (Å²) in [6.45, 7) is 2.79. The van der Waals surface area contributed by atoms with E-state index >= 15 is 0 Å². The molecule has 0 aromatic heterocycles. The summed E-state index contributed by atoms with van der Waals surface area (Å²) in [5.74, 6) is -3.26. The van der Waals surface area contributed by atoms with E-state index in [4.69, 9.17) is 16.2 Å². The summed E-state index contributed by atoms with van der Waals surface area (Å²) < 4.78 is 53.0. The van der Waals surface area contributed by atoms with Gasteiger partial charge in [0.25, 0.3) is 10.1 Å². The molecule has 0 saturated carbocycles. The first-order valence-corrected chi connectivity index (χ1v) is 11.9. The molecule has 1 saturated heterocycles. The van der Waals surface area contributed by atoms with Gasteiger partial charge in [-0.1, -0.05) is 23.7 Å². The molecule has 2 atom stereocenters. The van der Waals surface area contributed by atoms with Gasteiger partial charge >= 0.3 is 0 Å². The topological polar surface area (TPSA) is 118 Å². The highest BCUT2D eigenvalue weighted by atomic mass is 35.5. The lowest BCUT2D eigenvalue weighted by atomic mass is 9.83. The van der Waals surface area contributed by atoms with Crippen molar-refractivity contribution in [3.63, 3.8) is 0 Å². The van der Waals surface area contributed by atoms with E-state index in [-0.39, 0.29) is 5.56 Å². The average molecular weight is 494 g/mol. The van der Waals surface area contributed by atoms with Crippen LogP contribution < -0.4 is 0 Å². The number of aliphatic hydroxyl groups excluding tert-OH is 1. The number of rotatable bonds is 4. The number of phenols is 1. The van der Waals surface area contributed by atoms with Crippen LogP contribution in [0.15, 0.2) is 36.4 Å². The van der Waals surface area contributed by atoms with Gasteiger partial charge in [-0.05, 0) is 55.2 Å². The molecule has 2 aromatic rings. The molecule has 0 aliphatic carbocycles. The van der Waals surface area contributed by atoms with E-state index in [2.05, 4.69) is 0 Å². The second-order valence-electron chi connectivity index (χ2n) is 7.83. The highest BCUT2D eigenvalue weighted by molar-refractivity contribution is 7.85. The zero-order valence-electron chi connectivity index (χ0n) is 17.5. The van der Waals surface area contributed by atoms with E-state index in [0.717, 1.165) is 17.7 Å². The number of benzene rings is 2. The van der Waals surface area contributed by atoms with Crippen LogP contribution >= 0.6 is 11.6 Å². The van der Waals surface area contributed by atoms with Gasteiger partial charge in [-0.15, -0.1) is 0 Å². The molecular weight excluding hydrogens is 468 g/mol. The number of halogens is 3. The molecule has 2 unspecified atom stereocenters. The van der Waals surface area contributed by atoms with Crippen molar-refractivity contribution in [1.82, 2.24) is 4.90 Å². The molecule has 0 spiro atoms. The third kappa shape index (κ3) is 7.09. The van der Waals surface area contributed by atoms with Crippen molar-refractivity contribution in [3.05, 3.63) is 64.2 Å². The molecule has 3 rings (SSSR count). The smallest absolute Gasteiger partial charge is 0.261 e. The van der Waals surface area contributed by atoms with Gasteiger partial charge in [-0.25, -0.2) is 8.78 Å². The first-order valence-electron chi connectivity index (χ1n) is 9.72. The third-order valence-corrected chi connectivity index (χ3v) is 5.67. The van der Waals surface area contributed by atoms with Crippen molar-refractivity contribution in [1.29, 1.82) is 0 Å². The summed E-state index contributed by atoms with van der Waals surface area (Å²) in [5.41, 5.74) is -0.112. The Morgan fingerprint density at radius 1 is 1.09 bits per heavy atom. The Hall–Kier alpha value is -1.82. The first-order chi connectivity index (χ1) is 14.7. The normalized spacial score (nSPS) is 18.4. The molecule has 178 valence electrons. The van der Waals surface area contributed by atoms with E-state index in [1.54, 1.807) is 31.2 Å². The van der Waals surface area contributed by atoms with Crippen LogP contribution in [0.5, 0.6) is 5.75 Å². The van der Waals surface area contributed by atoms with Gasteiger partial charge in [0.1, 0.15) is 0 Å². The van der Waals surface area contributed by atoms with Crippen LogP contribution in [0.2, 0.25) is 5.02 Å². The van der Waals surface area contributed by atoms with Crippen LogP contribution in [0, 0.1) is 11.6 Å². The highest BCUT2D eigenvalue weighted by Gasteiger charge is 2.36. The molecule has 4 N–H and O–H groups in total. The number of phenolic OH excluding ortho intramolecular Hbond substituents is 1. The van der Waals surface area contributed by atoms with Crippen molar-refractivity contribution < 1.29 is 37.1 Å². The Kier molecular flexibility index (Phi) is 8.60. The monoisotopic (exact) mass is 493 g/mol. The summed E-state index contributed by atoms with van der Waals surface area (Å²) in [4.78, 5) is 1.97. The van der Waals surface area contributed by atoms with Gasteiger partial charge in [0, 0.05) is 24.2 Å². The summed E-state index contributed by atoms with van der Waals surface area (Å²) >= 11 is 5.90. The van der Waals surface area contributed by atoms with Crippen molar-refractivity contribution >= 4 is 21.7 Å². The SMILES string of the molecule is CC(C(O)c1cc(F)c(O)c(F)c1)N1CCC(O)(c2ccc(Cl)cc2)CC1.CS(=O)(=O)O. The number of nitrogens with zero attached hydrogens (tertiary/aromatic N) is 1. The molecule has 11 heteroatoms. The Bertz CT molecular complexity index is 996. The maximum absolute atomic E-state index is 13.6. The average Bonchev–Trinajstić information content (AvgIpc) is 2.70. The second-order valence-corrected chi connectivity index (χ2v) is 9.73. The number of piperidine rings is 1. The fourth-order valence-corrected chi connectivity index (χ4v) is 3.71. The fourth-order valence-electron chi connectivity index (χ4n) is 3.58. The van der Waals surface area contributed by atoms with E-state index < -0.39 is 45.2 Å². The molecule has 7 nitrogen and oxygen atoms in total. The summed E-state index contributed by atoms with van der Waals surface area (Å²) in [6, 6.07) is 8.55. The van der Waals surface area contributed by atoms with Gasteiger partial charge in [0.05, 0.1) is 18.0 Å². The third-order valence-electron chi connectivity index (χ3n) is 5.42. The first kappa shape index (κ1) is 26.4. The molecular formula is C21H26ClF2NO6S. The number of likely N-dealkylation sites (tertiary alicyclic amines) is 1. The number of hydrogen-bond donors (Lipinski definition) is 4. The number of aromatic hydroxyl groups is 1. The van der Waals surface area contributed by atoms with Crippen LogP contribution in [-0.4, -0.2) is 58.6 Å². The maximum atomic E-state index is 13.6.